The molecule has 1 amide bonds. The summed E-state index contributed by atoms with van der Waals surface area (Å²) in [7, 11) is 0. The van der Waals surface area contributed by atoms with Crippen LogP contribution in [0.1, 0.15) is 16.8 Å². The number of halogens is 2. The van der Waals surface area contributed by atoms with Crippen molar-refractivity contribution >= 4 is 33.4 Å². The molecule has 0 bridgehead atoms. The van der Waals surface area contributed by atoms with E-state index in [1.807, 2.05) is 0 Å². The van der Waals surface area contributed by atoms with Crippen LogP contribution in [0.3, 0.4) is 0 Å². The molecule has 6 heteroatoms. The van der Waals surface area contributed by atoms with E-state index in [4.69, 9.17) is 16.3 Å². The van der Waals surface area contributed by atoms with Crippen molar-refractivity contribution in [2.75, 3.05) is 19.8 Å². The lowest BCUT2D eigenvalue weighted by atomic mass is 10.0. The highest BCUT2D eigenvalue weighted by Crippen LogP contribution is 2.26. The van der Waals surface area contributed by atoms with Gasteiger partial charge in [0.05, 0.1) is 17.2 Å². The summed E-state index contributed by atoms with van der Waals surface area (Å²) in [5.41, 5.74) is -0.581. The molecule has 0 spiro atoms. The van der Waals surface area contributed by atoms with Gasteiger partial charge in [-0.2, -0.15) is 0 Å². The minimum atomic E-state index is -0.964. The number of aliphatic hydroxyl groups is 1. The maximum atomic E-state index is 11.9. The SMILES string of the molecule is O=C(NCC1(O)CCOC1)c1cccc(Br)c1Cl. The van der Waals surface area contributed by atoms with Crippen molar-refractivity contribution in [3.63, 3.8) is 0 Å². The number of hydrogen-bond donors (Lipinski definition) is 2. The fraction of sp³-hybridized carbons (Fsp3) is 0.417. The summed E-state index contributed by atoms with van der Waals surface area (Å²) in [6.07, 6.45) is 0.527. The first-order valence-corrected chi connectivity index (χ1v) is 6.71. The summed E-state index contributed by atoms with van der Waals surface area (Å²) in [6.45, 7) is 0.929. The van der Waals surface area contributed by atoms with Crippen LogP contribution in [-0.4, -0.2) is 36.4 Å². The molecule has 1 aliphatic heterocycles. The summed E-state index contributed by atoms with van der Waals surface area (Å²) >= 11 is 9.28. The molecule has 1 unspecified atom stereocenters. The Kier molecular flexibility index (Phi) is 4.27. The Morgan fingerprint density at radius 3 is 3.06 bits per heavy atom. The number of benzene rings is 1. The lowest BCUT2D eigenvalue weighted by Crippen LogP contribution is -2.43. The Hall–Kier alpha value is -0.620. The van der Waals surface area contributed by atoms with Gasteiger partial charge in [-0.1, -0.05) is 17.7 Å². The first-order valence-electron chi connectivity index (χ1n) is 5.54. The fourth-order valence-electron chi connectivity index (χ4n) is 1.76. The second-order valence-electron chi connectivity index (χ2n) is 4.31. The zero-order valence-corrected chi connectivity index (χ0v) is 11.9. The average Bonchev–Trinajstić information content (AvgIpc) is 2.77. The molecular formula is C12H13BrClNO3. The summed E-state index contributed by atoms with van der Waals surface area (Å²) in [5, 5.41) is 13.1. The van der Waals surface area contributed by atoms with Gasteiger partial charge in [-0.3, -0.25) is 4.79 Å². The van der Waals surface area contributed by atoms with E-state index < -0.39 is 5.60 Å². The van der Waals surface area contributed by atoms with Crippen LogP contribution < -0.4 is 5.32 Å². The van der Waals surface area contributed by atoms with E-state index in [1.54, 1.807) is 18.2 Å². The van der Waals surface area contributed by atoms with E-state index in [1.165, 1.54) is 0 Å². The van der Waals surface area contributed by atoms with Crippen LogP contribution in [0.15, 0.2) is 22.7 Å². The highest BCUT2D eigenvalue weighted by atomic mass is 79.9. The minimum absolute atomic E-state index is 0.161. The zero-order valence-electron chi connectivity index (χ0n) is 9.58. The first kappa shape index (κ1) is 13.8. The van der Waals surface area contributed by atoms with Crippen LogP contribution in [-0.2, 0) is 4.74 Å². The molecule has 1 aromatic rings. The zero-order chi connectivity index (χ0) is 13.2. The Labute approximate surface area is 118 Å². The summed E-state index contributed by atoms with van der Waals surface area (Å²) < 4.78 is 5.77. The molecule has 1 fully saturated rings. The van der Waals surface area contributed by atoms with Crippen molar-refractivity contribution in [3.8, 4) is 0 Å². The molecule has 1 aliphatic rings. The molecule has 1 heterocycles. The number of carbonyl (C=O) groups excluding carboxylic acids is 1. The maximum absolute atomic E-state index is 11.9. The van der Waals surface area contributed by atoms with Crippen molar-refractivity contribution in [2.24, 2.45) is 0 Å². The summed E-state index contributed by atoms with van der Waals surface area (Å²) in [6, 6.07) is 5.13. The van der Waals surface area contributed by atoms with Gasteiger partial charge in [0.15, 0.2) is 0 Å². The molecule has 1 atom stereocenters. The van der Waals surface area contributed by atoms with Crippen LogP contribution in [0, 0.1) is 0 Å². The van der Waals surface area contributed by atoms with Gasteiger partial charge < -0.3 is 15.2 Å². The first-order chi connectivity index (χ1) is 8.52. The molecule has 1 saturated heterocycles. The normalized spacial score (nSPS) is 23.1. The lowest BCUT2D eigenvalue weighted by molar-refractivity contribution is 0.0264. The molecule has 2 N–H and O–H groups in total. The van der Waals surface area contributed by atoms with Crippen LogP contribution in [0.5, 0.6) is 0 Å². The second kappa shape index (κ2) is 5.57. The van der Waals surface area contributed by atoms with Crippen molar-refractivity contribution in [3.05, 3.63) is 33.3 Å². The molecule has 98 valence electrons. The Morgan fingerprint density at radius 1 is 1.61 bits per heavy atom. The molecule has 0 saturated carbocycles. The smallest absolute Gasteiger partial charge is 0.252 e. The second-order valence-corrected chi connectivity index (χ2v) is 5.54. The fourth-order valence-corrected chi connectivity index (χ4v) is 2.33. The molecule has 0 radical (unpaired) electrons. The molecule has 18 heavy (non-hydrogen) atoms. The minimum Gasteiger partial charge on any atom is -0.386 e. The van der Waals surface area contributed by atoms with E-state index >= 15 is 0 Å². The molecule has 1 aromatic carbocycles. The maximum Gasteiger partial charge on any atom is 0.252 e. The molecular weight excluding hydrogens is 321 g/mol. The van der Waals surface area contributed by atoms with Gasteiger partial charge in [0.2, 0.25) is 0 Å². The van der Waals surface area contributed by atoms with Gasteiger partial charge in [-0.25, -0.2) is 0 Å². The third-order valence-electron chi connectivity index (χ3n) is 2.86. The van der Waals surface area contributed by atoms with Crippen molar-refractivity contribution in [2.45, 2.75) is 12.0 Å². The van der Waals surface area contributed by atoms with E-state index in [9.17, 15) is 9.90 Å². The number of nitrogens with one attached hydrogen (secondary N) is 1. The molecule has 4 nitrogen and oxygen atoms in total. The van der Waals surface area contributed by atoms with Gasteiger partial charge in [0.1, 0.15) is 5.60 Å². The van der Waals surface area contributed by atoms with E-state index in [2.05, 4.69) is 21.2 Å². The monoisotopic (exact) mass is 333 g/mol. The van der Waals surface area contributed by atoms with Crippen molar-refractivity contribution in [1.82, 2.24) is 5.32 Å². The topological polar surface area (TPSA) is 58.6 Å². The molecule has 2 rings (SSSR count). The van der Waals surface area contributed by atoms with Gasteiger partial charge in [-0.05, 0) is 28.1 Å². The van der Waals surface area contributed by atoms with Crippen molar-refractivity contribution < 1.29 is 14.6 Å². The van der Waals surface area contributed by atoms with Crippen LogP contribution >= 0.6 is 27.5 Å². The highest BCUT2D eigenvalue weighted by Gasteiger charge is 2.32. The van der Waals surface area contributed by atoms with Gasteiger partial charge >= 0.3 is 0 Å². The third-order valence-corrected chi connectivity index (χ3v) is 4.15. The Balaban J connectivity index is 2.01. The summed E-state index contributed by atoms with van der Waals surface area (Å²) in [5.74, 6) is -0.304. The van der Waals surface area contributed by atoms with Gasteiger partial charge in [0.25, 0.3) is 5.91 Å². The predicted octanol–water partition coefficient (Wildman–Crippen LogP) is 1.98. The van der Waals surface area contributed by atoms with E-state index in [0.29, 0.717) is 28.1 Å². The Morgan fingerprint density at radius 2 is 2.39 bits per heavy atom. The highest BCUT2D eigenvalue weighted by molar-refractivity contribution is 9.10. The average molecular weight is 335 g/mol. The molecule has 0 aromatic heterocycles. The standard InChI is InChI=1S/C12H13BrClNO3/c13-9-3-1-2-8(10(9)14)11(16)15-6-12(17)4-5-18-7-12/h1-3,17H,4-7H2,(H,15,16). The predicted molar refractivity (Wildman–Crippen MR) is 71.9 cm³/mol. The van der Waals surface area contributed by atoms with Crippen molar-refractivity contribution in [1.29, 1.82) is 0 Å². The molecule has 0 aliphatic carbocycles. The van der Waals surface area contributed by atoms with Gasteiger partial charge in [0, 0.05) is 24.0 Å². The van der Waals surface area contributed by atoms with Gasteiger partial charge in [-0.15, -0.1) is 0 Å². The Bertz CT molecular complexity index is 461. The number of amides is 1. The number of rotatable bonds is 3. The number of carbonyl (C=O) groups is 1. The largest absolute Gasteiger partial charge is 0.386 e. The number of ether oxygens (including phenoxy) is 1. The van der Waals surface area contributed by atoms with Crippen LogP contribution in [0.4, 0.5) is 0 Å². The van der Waals surface area contributed by atoms with E-state index in [0.717, 1.165) is 0 Å². The lowest BCUT2D eigenvalue weighted by Gasteiger charge is -2.20. The number of hydrogen-bond acceptors (Lipinski definition) is 3. The van der Waals surface area contributed by atoms with Crippen LogP contribution in [0.2, 0.25) is 5.02 Å². The van der Waals surface area contributed by atoms with E-state index in [-0.39, 0.29) is 19.1 Å². The quantitative estimate of drug-likeness (QED) is 0.889. The van der Waals surface area contributed by atoms with Crippen LogP contribution in [0.25, 0.3) is 0 Å². The summed E-state index contributed by atoms with van der Waals surface area (Å²) in [4.78, 5) is 11.9. The third kappa shape index (κ3) is 3.03.